The highest BCUT2D eigenvalue weighted by Gasteiger charge is 2.17. The van der Waals surface area contributed by atoms with Crippen LogP contribution in [0.1, 0.15) is 30.1 Å². The highest BCUT2D eigenvalue weighted by molar-refractivity contribution is 5.38. The molecule has 1 unspecified atom stereocenters. The van der Waals surface area contributed by atoms with Gasteiger partial charge in [-0.15, -0.1) is 0 Å². The number of fused-ring (bicyclic) bond motifs is 1. The van der Waals surface area contributed by atoms with Gasteiger partial charge in [-0.3, -0.25) is 0 Å². The lowest BCUT2D eigenvalue weighted by Gasteiger charge is -2.22. The average Bonchev–Trinajstić information content (AvgIpc) is 2.29. The Hall–Kier alpha value is -1.06. The summed E-state index contributed by atoms with van der Waals surface area (Å²) in [5, 5.41) is 9.85. The average molecular weight is 235 g/mol. The SMILES string of the molecule is CN(C)CCOc1ccc2c(c1)CCCC2O. The van der Waals surface area contributed by atoms with Crippen LogP contribution in [0.5, 0.6) is 5.75 Å². The number of aliphatic hydroxyl groups excluding tert-OH is 1. The van der Waals surface area contributed by atoms with Crippen molar-refractivity contribution in [1.82, 2.24) is 4.90 Å². The fourth-order valence-corrected chi connectivity index (χ4v) is 2.20. The van der Waals surface area contributed by atoms with Crippen LogP contribution in [-0.2, 0) is 6.42 Å². The van der Waals surface area contributed by atoms with Gasteiger partial charge in [0.25, 0.3) is 0 Å². The summed E-state index contributed by atoms with van der Waals surface area (Å²) in [5.41, 5.74) is 2.32. The van der Waals surface area contributed by atoms with Crippen LogP contribution in [0.4, 0.5) is 0 Å². The Morgan fingerprint density at radius 1 is 1.41 bits per heavy atom. The first kappa shape index (κ1) is 12.4. The van der Waals surface area contributed by atoms with Crippen LogP contribution in [0.25, 0.3) is 0 Å². The second kappa shape index (κ2) is 5.52. The minimum atomic E-state index is -0.283. The van der Waals surface area contributed by atoms with E-state index in [4.69, 9.17) is 4.74 Å². The fraction of sp³-hybridized carbons (Fsp3) is 0.571. The molecule has 17 heavy (non-hydrogen) atoms. The Morgan fingerprint density at radius 2 is 2.24 bits per heavy atom. The molecule has 1 aliphatic carbocycles. The molecular formula is C14H21NO2. The predicted octanol–water partition coefficient (Wildman–Crippen LogP) is 2.00. The summed E-state index contributed by atoms with van der Waals surface area (Å²) in [6.07, 6.45) is 2.72. The summed E-state index contributed by atoms with van der Waals surface area (Å²) in [6.45, 7) is 1.62. The van der Waals surface area contributed by atoms with E-state index in [1.54, 1.807) is 0 Å². The first-order chi connectivity index (χ1) is 8.16. The number of likely N-dealkylation sites (N-methyl/N-ethyl adjacent to an activating group) is 1. The summed E-state index contributed by atoms with van der Waals surface area (Å²) in [4.78, 5) is 2.10. The van der Waals surface area contributed by atoms with Crippen LogP contribution >= 0.6 is 0 Å². The van der Waals surface area contributed by atoms with Gasteiger partial charge in [-0.2, -0.15) is 0 Å². The van der Waals surface area contributed by atoms with Crippen molar-refractivity contribution in [2.24, 2.45) is 0 Å². The number of ether oxygens (including phenoxy) is 1. The lowest BCUT2D eigenvalue weighted by molar-refractivity contribution is 0.156. The second-order valence-corrected chi connectivity index (χ2v) is 4.92. The van der Waals surface area contributed by atoms with Gasteiger partial charge in [-0.25, -0.2) is 0 Å². The number of hydrogen-bond acceptors (Lipinski definition) is 3. The van der Waals surface area contributed by atoms with Gasteiger partial charge >= 0.3 is 0 Å². The first-order valence-corrected chi connectivity index (χ1v) is 6.25. The van der Waals surface area contributed by atoms with Crippen molar-refractivity contribution in [2.45, 2.75) is 25.4 Å². The maximum Gasteiger partial charge on any atom is 0.119 e. The molecule has 0 radical (unpaired) electrons. The molecule has 0 aromatic heterocycles. The van der Waals surface area contributed by atoms with E-state index in [9.17, 15) is 5.11 Å². The van der Waals surface area contributed by atoms with Gasteiger partial charge in [0.05, 0.1) is 6.10 Å². The van der Waals surface area contributed by atoms with Crippen molar-refractivity contribution in [3.8, 4) is 5.75 Å². The van der Waals surface area contributed by atoms with Gasteiger partial charge in [0.2, 0.25) is 0 Å². The molecule has 0 fully saturated rings. The zero-order chi connectivity index (χ0) is 12.3. The second-order valence-electron chi connectivity index (χ2n) is 4.92. The molecule has 1 N–H and O–H groups in total. The van der Waals surface area contributed by atoms with E-state index in [1.165, 1.54) is 5.56 Å². The van der Waals surface area contributed by atoms with Crippen molar-refractivity contribution in [2.75, 3.05) is 27.2 Å². The van der Waals surface area contributed by atoms with Crippen LogP contribution in [-0.4, -0.2) is 37.3 Å². The molecule has 1 aromatic rings. The summed E-state index contributed by atoms with van der Waals surface area (Å²) in [6, 6.07) is 6.04. The third kappa shape index (κ3) is 3.20. The molecule has 0 spiro atoms. The van der Waals surface area contributed by atoms with E-state index in [0.29, 0.717) is 6.61 Å². The largest absolute Gasteiger partial charge is 0.492 e. The van der Waals surface area contributed by atoms with Crippen LogP contribution in [0, 0.1) is 0 Å². The van der Waals surface area contributed by atoms with Crippen molar-refractivity contribution in [3.63, 3.8) is 0 Å². The Labute approximate surface area is 103 Å². The summed E-state index contributed by atoms with van der Waals surface area (Å²) in [7, 11) is 4.07. The molecule has 0 aliphatic heterocycles. The standard InChI is InChI=1S/C14H21NO2/c1-15(2)8-9-17-12-6-7-13-11(10-12)4-3-5-14(13)16/h6-7,10,14,16H,3-5,8-9H2,1-2H3. The molecule has 0 saturated carbocycles. The minimum Gasteiger partial charge on any atom is -0.492 e. The van der Waals surface area contributed by atoms with Gasteiger partial charge in [0, 0.05) is 6.54 Å². The summed E-state index contributed by atoms with van der Waals surface area (Å²) < 4.78 is 5.69. The lowest BCUT2D eigenvalue weighted by atomic mass is 9.89. The van der Waals surface area contributed by atoms with Gasteiger partial charge in [-0.1, -0.05) is 6.07 Å². The van der Waals surface area contributed by atoms with E-state index in [2.05, 4.69) is 11.0 Å². The molecule has 3 heteroatoms. The van der Waals surface area contributed by atoms with Crippen LogP contribution in [0.15, 0.2) is 18.2 Å². The zero-order valence-electron chi connectivity index (χ0n) is 10.6. The maximum atomic E-state index is 9.85. The molecule has 94 valence electrons. The van der Waals surface area contributed by atoms with Gasteiger partial charge in [0.1, 0.15) is 12.4 Å². The van der Waals surface area contributed by atoms with E-state index in [-0.39, 0.29) is 6.10 Å². The third-order valence-corrected chi connectivity index (χ3v) is 3.20. The Morgan fingerprint density at radius 3 is 3.00 bits per heavy atom. The van der Waals surface area contributed by atoms with Gasteiger partial charge in [-0.05, 0) is 56.6 Å². The third-order valence-electron chi connectivity index (χ3n) is 3.20. The Bertz CT molecular complexity index is 376. The van der Waals surface area contributed by atoms with Crippen molar-refractivity contribution >= 4 is 0 Å². The van der Waals surface area contributed by atoms with Crippen LogP contribution in [0.2, 0.25) is 0 Å². The number of nitrogens with zero attached hydrogens (tertiary/aromatic N) is 1. The molecule has 0 bridgehead atoms. The van der Waals surface area contributed by atoms with Gasteiger partial charge in [0.15, 0.2) is 0 Å². The normalized spacial score (nSPS) is 19.2. The quantitative estimate of drug-likeness (QED) is 0.866. The molecule has 2 rings (SSSR count). The maximum absolute atomic E-state index is 9.85. The molecule has 1 aliphatic rings. The number of rotatable bonds is 4. The molecule has 1 atom stereocenters. The molecule has 1 aromatic carbocycles. The van der Waals surface area contributed by atoms with Crippen molar-refractivity contribution in [3.05, 3.63) is 29.3 Å². The van der Waals surface area contributed by atoms with Crippen LogP contribution in [0.3, 0.4) is 0 Å². The van der Waals surface area contributed by atoms with E-state index in [1.807, 2.05) is 26.2 Å². The Kier molecular flexibility index (Phi) is 4.02. The van der Waals surface area contributed by atoms with E-state index < -0.39 is 0 Å². The van der Waals surface area contributed by atoms with Crippen LogP contribution < -0.4 is 4.74 Å². The molecular weight excluding hydrogens is 214 g/mol. The highest BCUT2D eigenvalue weighted by Crippen LogP contribution is 2.31. The zero-order valence-corrected chi connectivity index (χ0v) is 10.6. The smallest absolute Gasteiger partial charge is 0.119 e. The highest BCUT2D eigenvalue weighted by atomic mass is 16.5. The van der Waals surface area contributed by atoms with Crippen molar-refractivity contribution < 1.29 is 9.84 Å². The molecule has 0 heterocycles. The predicted molar refractivity (Wildman–Crippen MR) is 68.4 cm³/mol. The number of hydrogen-bond donors (Lipinski definition) is 1. The van der Waals surface area contributed by atoms with Crippen molar-refractivity contribution in [1.29, 1.82) is 0 Å². The number of aliphatic hydroxyl groups is 1. The molecule has 0 saturated heterocycles. The van der Waals surface area contributed by atoms with E-state index >= 15 is 0 Å². The van der Waals surface area contributed by atoms with E-state index in [0.717, 1.165) is 37.1 Å². The number of aryl methyl sites for hydroxylation is 1. The first-order valence-electron chi connectivity index (χ1n) is 6.25. The number of benzene rings is 1. The lowest BCUT2D eigenvalue weighted by Crippen LogP contribution is -2.19. The Balaban J connectivity index is 2.01. The topological polar surface area (TPSA) is 32.7 Å². The fourth-order valence-electron chi connectivity index (χ4n) is 2.20. The monoisotopic (exact) mass is 235 g/mol. The van der Waals surface area contributed by atoms with Gasteiger partial charge < -0.3 is 14.7 Å². The minimum absolute atomic E-state index is 0.283. The summed E-state index contributed by atoms with van der Waals surface area (Å²) >= 11 is 0. The molecule has 3 nitrogen and oxygen atoms in total. The molecule has 0 amide bonds. The summed E-state index contributed by atoms with van der Waals surface area (Å²) in [5.74, 6) is 0.916.